The Balaban J connectivity index is 2.24. The molecule has 2 aromatic carbocycles. The second-order valence-corrected chi connectivity index (χ2v) is 4.20. The topological polar surface area (TPSA) is 49.7 Å². The van der Waals surface area contributed by atoms with Crippen LogP contribution in [0, 0.1) is 0 Å². The molecular weight excluding hydrogens is 240 g/mol. The van der Waals surface area contributed by atoms with Gasteiger partial charge < -0.3 is 14.9 Å². The van der Waals surface area contributed by atoms with Crippen LogP contribution >= 0.6 is 0 Å². The first kappa shape index (κ1) is 13.2. The number of rotatable bonds is 4. The second kappa shape index (κ2) is 6.07. The van der Waals surface area contributed by atoms with Crippen LogP contribution in [0.4, 0.5) is 0 Å². The molecule has 0 saturated carbocycles. The molecule has 2 N–H and O–H groups in total. The number of aromatic hydroxyl groups is 1. The van der Waals surface area contributed by atoms with Crippen LogP contribution in [0.15, 0.2) is 42.5 Å². The highest BCUT2D eigenvalue weighted by molar-refractivity contribution is 5.70. The van der Waals surface area contributed by atoms with Gasteiger partial charge >= 0.3 is 0 Å². The van der Waals surface area contributed by atoms with E-state index in [9.17, 15) is 10.2 Å². The van der Waals surface area contributed by atoms with Gasteiger partial charge in [-0.1, -0.05) is 24.3 Å². The number of hydrogen-bond acceptors (Lipinski definition) is 3. The molecule has 0 aliphatic heterocycles. The first-order chi connectivity index (χ1) is 9.21. The Morgan fingerprint density at radius 1 is 1.00 bits per heavy atom. The molecule has 0 aliphatic carbocycles. The van der Waals surface area contributed by atoms with Crippen molar-refractivity contribution >= 4 is 12.2 Å². The zero-order chi connectivity index (χ0) is 13.7. The highest BCUT2D eigenvalue weighted by Crippen LogP contribution is 2.19. The SMILES string of the molecule is COc1cc(/C=C/c2ccc(O)cc2)cc(CO)c1. The third kappa shape index (κ3) is 3.60. The van der Waals surface area contributed by atoms with E-state index in [1.54, 1.807) is 25.3 Å². The molecule has 98 valence electrons. The van der Waals surface area contributed by atoms with Gasteiger partial charge in [-0.25, -0.2) is 0 Å². The molecule has 0 aliphatic rings. The summed E-state index contributed by atoms with van der Waals surface area (Å²) >= 11 is 0. The maximum absolute atomic E-state index is 9.21. The Labute approximate surface area is 112 Å². The zero-order valence-corrected chi connectivity index (χ0v) is 10.7. The van der Waals surface area contributed by atoms with Crippen molar-refractivity contribution in [3.63, 3.8) is 0 Å². The van der Waals surface area contributed by atoms with Gasteiger partial charge in [-0.2, -0.15) is 0 Å². The minimum atomic E-state index is -0.0166. The highest BCUT2D eigenvalue weighted by atomic mass is 16.5. The van der Waals surface area contributed by atoms with E-state index in [1.165, 1.54) is 0 Å². The summed E-state index contributed by atoms with van der Waals surface area (Å²) in [5, 5.41) is 18.4. The standard InChI is InChI=1S/C16H16O3/c1-19-16-9-13(8-14(10-16)11-17)3-2-12-4-6-15(18)7-5-12/h2-10,17-18H,11H2,1H3/b3-2+. The van der Waals surface area contributed by atoms with Gasteiger partial charge in [0.25, 0.3) is 0 Å². The second-order valence-electron chi connectivity index (χ2n) is 4.20. The molecule has 2 rings (SSSR count). The van der Waals surface area contributed by atoms with E-state index in [4.69, 9.17) is 4.74 Å². The molecule has 0 saturated heterocycles. The molecule has 0 unspecified atom stereocenters. The van der Waals surface area contributed by atoms with Crippen molar-refractivity contribution in [2.24, 2.45) is 0 Å². The summed E-state index contributed by atoms with van der Waals surface area (Å²) in [5.74, 6) is 0.970. The van der Waals surface area contributed by atoms with Gasteiger partial charge in [-0.05, 0) is 47.0 Å². The maximum Gasteiger partial charge on any atom is 0.119 e. The van der Waals surface area contributed by atoms with Crippen LogP contribution in [-0.2, 0) is 6.61 Å². The van der Waals surface area contributed by atoms with Crippen LogP contribution in [0.5, 0.6) is 11.5 Å². The van der Waals surface area contributed by atoms with E-state index >= 15 is 0 Å². The van der Waals surface area contributed by atoms with Gasteiger partial charge in [0, 0.05) is 0 Å². The molecule has 3 nitrogen and oxygen atoms in total. The minimum absolute atomic E-state index is 0.0166. The average Bonchev–Trinajstić information content (AvgIpc) is 2.46. The number of hydrogen-bond donors (Lipinski definition) is 2. The number of phenolic OH excluding ortho intramolecular Hbond substituents is 1. The minimum Gasteiger partial charge on any atom is -0.508 e. The molecule has 0 bridgehead atoms. The van der Waals surface area contributed by atoms with Crippen molar-refractivity contribution < 1.29 is 14.9 Å². The number of ether oxygens (including phenoxy) is 1. The fourth-order valence-corrected chi connectivity index (χ4v) is 1.77. The van der Waals surface area contributed by atoms with Gasteiger partial charge in [0.05, 0.1) is 13.7 Å². The Morgan fingerprint density at radius 3 is 2.32 bits per heavy atom. The van der Waals surface area contributed by atoms with Gasteiger partial charge in [0.1, 0.15) is 11.5 Å². The summed E-state index contributed by atoms with van der Waals surface area (Å²) in [6, 6.07) is 12.6. The number of methoxy groups -OCH3 is 1. The van der Waals surface area contributed by atoms with Gasteiger partial charge in [0.2, 0.25) is 0 Å². The van der Waals surface area contributed by atoms with Crippen molar-refractivity contribution in [1.82, 2.24) is 0 Å². The maximum atomic E-state index is 9.21. The molecule has 0 spiro atoms. The largest absolute Gasteiger partial charge is 0.508 e. The molecule has 0 radical (unpaired) electrons. The van der Waals surface area contributed by atoms with Crippen molar-refractivity contribution in [1.29, 1.82) is 0 Å². The van der Waals surface area contributed by atoms with Crippen molar-refractivity contribution in [2.45, 2.75) is 6.61 Å². The van der Waals surface area contributed by atoms with E-state index < -0.39 is 0 Å². The predicted octanol–water partition coefficient (Wildman–Crippen LogP) is 3.06. The normalized spacial score (nSPS) is 10.8. The summed E-state index contributed by atoms with van der Waals surface area (Å²) in [6.45, 7) is -0.0166. The first-order valence-electron chi connectivity index (χ1n) is 5.97. The fraction of sp³-hybridized carbons (Fsp3) is 0.125. The summed E-state index contributed by atoms with van der Waals surface area (Å²) in [6.07, 6.45) is 3.88. The smallest absolute Gasteiger partial charge is 0.119 e. The molecule has 2 aromatic rings. The third-order valence-corrected chi connectivity index (χ3v) is 2.77. The van der Waals surface area contributed by atoms with Crippen molar-refractivity contribution in [3.8, 4) is 11.5 Å². The molecule has 0 aromatic heterocycles. The number of aliphatic hydroxyl groups is 1. The van der Waals surface area contributed by atoms with Crippen LogP contribution in [0.25, 0.3) is 12.2 Å². The van der Waals surface area contributed by atoms with E-state index in [-0.39, 0.29) is 12.4 Å². The molecule has 0 amide bonds. The zero-order valence-electron chi connectivity index (χ0n) is 10.7. The van der Waals surface area contributed by atoms with Gasteiger partial charge in [-0.15, -0.1) is 0 Å². The predicted molar refractivity (Wildman–Crippen MR) is 76.0 cm³/mol. The van der Waals surface area contributed by atoms with Gasteiger partial charge in [0.15, 0.2) is 0 Å². The van der Waals surface area contributed by atoms with E-state index in [2.05, 4.69) is 0 Å². The summed E-state index contributed by atoms with van der Waals surface area (Å²) in [4.78, 5) is 0. The lowest BCUT2D eigenvalue weighted by Gasteiger charge is -2.04. The Kier molecular flexibility index (Phi) is 4.21. The molecule has 0 atom stereocenters. The Morgan fingerprint density at radius 2 is 1.68 bits per heavy atom. The summed E-state index contributed by atoms with van der Waals surface area (Å²) < 4.78 is 5.19. The lowest BCUT2D eigenvalue weighted by Crippen LogP contribution is -1.89. The van der Waals surface area contributed by atoms with Gasteiger partial charge in [-0.3, -0.25) is 0 Å². The third-order valence-electron chi connectivity index (χ3n) is 2.77. The molecular formula is C16H16O3. The Hall–Kier alpha value is -2.26. The van der Waals surface area contributed by atoms with E-state index in [1.807, 2.05) is 36.4 Å². The van der Waals surface area contributed by atoms with E-state index in [0.717, 1.165) is 22.4 Å². The average molecular weight is 256 g/mol. The molecule has 0 heterocycles. The number of benzene rings is 2. The van der Waals surface area contributed by atoms with Crippen molar-refractivity contribution in [3.05, 3.63) is 59.2 Å². The van der Waals surface area contributed by atoms with Crippen molar-refractivity contribution in [2.75, 3.05) is 7.11 Å². The van der Waals surface area contributed by atoms with Crippen LogP contribution in [0.2, 0.25) is 0 Å². The quantitative estimate of drug-likeness (QED) is 0.826. The molecule has 19 heavy (non-hydrogen) atoms. The fourth-order valence-electron chi connectivity index (χ4n) is 1.77. The number of aliphatic hydroxyl groups excluding tert-OH is 1. The summed E-state index contributed by atoms with van der Waals surface area (Å²) in [7, 11) is 1.60. The molecule has 0 fully saturated rings. The first-order valence-corrected chi connectivity index (χ1v) is 5.97. The van der Waals surface area contributed by atoms with Crippen LogP contribution in [-0.4, -0.2) is 17.3 Å². The van der Waals surface area contributed by atoms with Crippen LogP contribution < -0.4 is 4.74 Å². The summed E-state index contributed by atoms with van der Waals surface area (Å²) in [5.41, 5.74) is 2.76. The monoisotopic (exact) mass is 256 g/mol. The highest BCUT2D eigenvalue weighted by Gasteiger charge is 1.98. The Bertz CT molecular complexity index is 549. The number of phenols is 1. The van der Waals surface area contributed by atoms with Crippen LogP contribution in [0.3, 0.4) is 0 Å². The van der Waals surface area contributed by atoms with Crippen LogP contribution in [0.1, 0.15) is 16.7 Å². The molecule has 3 heteroatoms. The lowest BCUT2D eigenvalue weighted by atomic mass is 10.1. The lowest BCUT2D eigenvalue weighted by molar-refractivity contribution is 0.281. The van der Waals surface area contributed by atoms with E-state index in [0.29, 0.717) is 0 Å².